The lowest BCUT2D eigenvalue weighted by Crippen LogP contribution is -2.16. The van der Waals surface area contributed by atoms with Crippen LogP contribution in [-0.2, 0) is 7.05 Å². The molecule has 17 heavy (non-hydrogen) atoms. The second kappa shape index (κ2) is 5.62. The Morgan fingerprint density at radius 2 is 1.88 bits per heavy atom. The minimum atomic E-state index is -0.0696. The van der Waals surface area contributed by atoms with Crippen molar-refractivity contribution in [1.82, 2.24) is 9.55 Å². The Morgan fingerprint density at radius 3 is 2.47 bits per heavy atom. The average molecular weight is 232 g/mol. The molecule has 0 spiro atoms. The average Bonchev–Trinajstić information content (AvgIpc) is 2.36. The Labute approximate surface area is 102 Å². The van der Waals surface area contributed by atoms with Crippen LogP contribution >= 0.6 is 0 Å². The molecule has 0 aliphatic carbocycles. The molecule has 0 aliphatic heterocycles. The minimum Gasteiger partial charge on any atom is -0.309 e. The second-order valence-corrected chi connectivity index (χ2v) is 4.06. The van der Waals surface area contributed by atoms with Crippen molar-refractivity contribution in [3.05, 3.63) is 40.3 Å². The van der Waals surface area contributed by atoms with Crippen molar-refractivity contribution in [2.75, 3.05) is 0 Å². The maximum atomic E-state index is 11.4. The minimum absolute atomic E-state index is 0.0696. The topological polar surface area (TPSA) is 34.9 Å². The molecular formula is C14H20N2O. The molecule has 3 nitrogen and oxygen atoms in total. The van der Waals surface area contributed by atoms with Crippen molar-refractivity contribution in [2.45, 2.75) is 33.6 Å². The summed E-state index contributed by atoms with van der Waals surface area (Å²) in [5, 5.41) is 0. The lowest BCUT2D eigenvalue weighted by atomic mass is 10.0. The molecule has 0 saturated carbocycles. The molecule has 3 heteroatoms. The summed E-state index contributed by atoms with van der Waals surface area (Å²) in [5.74, 6) is 0.480. The van der Waals surface area contributed by atoms with Gasteiger partial charge in [-0.3, -0.25) is 4.79 Å². The molecule has 0 amide bonds. The number of nitrogens with zero attached hydrogens (tertiary/aromatic N) is 2. The predicted octanol–water partition coefficient (Wildman–Crippen LogP) is 3.08. The van der Waals surface area contributed by atoms with Crippen molar-refractivity contribution in [3.8, 4) is 0 Å². The van der Waals surface area contributed by atoms with Crippen molar-refractivity contribution in [2.24, 2.45) is 7.05 Å². The molecule has 92 valence electrons. The Bertz CT molecular complexity index is 556. The molecule has 0 N–H and O–H groups in total. The molecule has 1 aromatic heterocycles. The normalized spacial score (nSPS) is 10.2. The highest BCUT2D eigenvalue weighted by atomic mass is 16.1. The van der Waals surface area contributed by atoms with E-state index in [1.165, 1.54) is 11.8 Å². The van der Waals surface area contributed by atoms with Crippen LogP contribution in [0.25, 0.3) is 11.0 Å². The lowest BCUT2D eigenvalue weighted by Gasteiger charge is -2.08. The molecule has 0 bridgehead atoms. The van der Waals surface area contributed by atoms with Gasteiger partial charge in [0, 0.05) is 7.05 Å². The van der Waals surface area contributed by atoms with Crippen molar-refractivity contribution in [1.29, 1.82) is 0 Å². The maximum Gasteiger partial charge on any atom is 0.269 e. The first-order valence-electron chi connectivity index (χ1n) is 6.05. The van der Waals surface area contributed by atoms with E-state index in [1.807, 2.05) is 32.0 Å². The summed E-state index contributed by atoms with van der Waals surface area (Å²) in [7, 11) is 1.77. The number of hydrogen-bond acceptors (Lipinski definition) is 2. The number of aromatic nitrogens is 2. The van der Waals surface area contributed by atoms with Crippen LogP contribution in [0.3, 0.4) is 0 Å². The number of aryl methyl sites for hydroxylation is 1. The predicted molar refractivity (Wildman–Crippen MR) is 72.4 cm³/mol. The Morgan fingerprint density at radius 1 is 1.24 bits per heavy atom. The fraction of sp³-hybridized carbons (Fsp3) is 0.429. The van der Waals surface area contributed by atoms with Gasteiger partial charge in [0.05, 0.1) is 17.2 Å². The smallest absolute Gasteiger partial charge is 0.269 e. The largest absolute Gasteiger partial charge is 0.309 e. The highest BCUT2D eigenvalue weighted by molar-refractivity contribution is 5.75. The summed E-state index contributed by atoms with van der Waals surface area (Å²) in [6, 6.07) is 6.05. The number of rotatable bonds is 1. The fourth-order valence-corrected chi connectivity index (χ4v) is 1.62. The lowest BCUT2D eigenvalue weighted by molar-refractivity contribution is 0.861. The molecule has 0 aliphatic rings. The van der Waals surface area contributed by atoms with Gasteiger partial charge in [-0.2, -0.15) is 0 Å². The van der Waals surface area contributed by atoms with Crippen LogP contribution in [0.15, 0.2) is 29.2 Å². The zero-order valence-corrected chi connectivity index (χ0v) is 11.2. The standard InChI is InChI=1S/C12H14N2O.C2H6/c1-8(2)9-4-5-11-10(6-9)13-7-12(15)14(11)3;1-2/h4-8H,1-3H3;1-2H3. The molecule has 0 fully saturated rings. The molecular weight excluding hydrogens is 212 g/mol. The van der Waals surface area contributed by atoms with E-state index in [4.69, 9.17) is 0 Å². The van der Waals surface area contributed by atoms with E-state index in [-0.39, 0.29) is 5.56 Å². The SMILES string of the molecule is CC.CC(C)c1ccc2c(c1)ncc(=O)n2C. The van der Waals surface area contributed by atoms with E-state index in [9.17, 15) is 4.79 Å². The van der Waals surface area contributed by atoms with Crippen molar-refractivity contribution in [3.63, 3.8) is 0 Å². The number of fused-ring (bicyclic) bond motifs is 1. The molecule has 0 saturated heterocycles. The molecule has 1 heterocycles. The highest BCUT2D eigenvalue weighted by Crippen LogP contribution is 2.18. The van der Waals surface area contributed by atoms with Gasteiger partial charge < -0.3 is 4.57 Å². The van der Waals surface area contributed by atoms with E-state index < -0.39 is 0 Å². The van der Waals surface area contributed by atoms with Crippen LogP contribution in [-0.4, -0.2) is 9.55 Å². The van der Waals surface area contributed by atoms with Gasteiger partial charge in [-0.05, 0) is 23.6 Å². The monoisotopic (exact) mass is 232 g/mol. The van der Waals surface area contributed by atoms with E-state index in [2.05, 4.69) is 18.8 Å². The van der Waals surface area contributed by atoms with Crippen molar-refractivity contribution >= 4 is 11.0 Å². The maximum absolute atomic E-state index is 11.4. The van der Waals surface area contributed by atoms with E-state index >= 15 is 0 Å². The number of hydrogen-bond donors (Lipinski definition) is 0. The first-order chi connectivity index (χ1) is 8.09. The summed E-state index contributed by atoms with van der Waals surface area (Å²) in [6.45, 7) is 8.28. The third kappa shape index (κ3) is 2.73. The molecule has 0 atom stereocenters. The molecule has 1 aromatic carbocycles. The molecule has 0 unspecified atom stereocenters. The fourth-order valence-electron chi connectivity index (χ4n) is 1.62. The molecule has 2 aromatic rings. The second-order valence-electron chi connectivity index (χ2n) is 4.06. The van der Waals surface area contributed by atoms with Gasteiger partial charge in [-0.1, -0.05) is 33.8 Å². The first-order valence-corrected chi connectivity index (χ1v) is 6.05. The summed E-state index contributed by atoms with van der Waals surface area (Å²) in [6.07, 6.45) is 1.37. The van der Waals surface area contributed by atoms with Crippen molar-refractivity contribution < 1.29 is 0 Å². The van der Waals surface area contributed by atoms with Gasteiger partial charge in [0.25, 0.3) is 5.56 Å². The third-order valence-corrected chi connectivity index (χ3v) is 2.67. The Balaban J connectivity index is 0.000000686. The van der Waals surface area contributed by atoms with Gasteiger partial charge in [0.15, 0.2) is 0 Å². The van der Waals surface area contributed by atoms with Crippen LogP contribution in [0.2, 0.25) is 0 Å². The molecule has 0 radical (unpaired) electrons. The quantitative estimate of drug-likeness (QED) is 0.757. The van der Waals surface area contributed by atoms with Crippen LogP contribution in [0.1, 0.15) is 39.2 Å². The van der Waals surface area contributed by atoms with Crippen LogP contribution in [0, 0.1) is 0 Å². The van der Waals surface area contributed by atoms with E-state index in [0.29, 0.717) is 5.92 Å². The Kier molecular flexibility index (Phi) is 4.44. The van der Waals surface area contributed by atoms with Gasteiger partial charge in [-0.25, -0.2) is 4.98 Å². The third-order valence-electron chi connectivity index (χ3n) is 2.67. The first kappa shape index (κ1) is 13.4. The summed E-state index contributed by atoms with van der Waals surface area (Å²) in [5.41, 5.74) is 2.93. The van der Waals surface area contributed by atoms with Crippen LogP contribution in [0.5, 0.6) is 0 Å². The van der Waals surface area contributed by atoms with Gasteiger partial charge >= 0.3 is 0 Å². The van der Waals surface area contributed by atoms with Crippen LogP contribution in [0.4, 0.5) is 0 Å². The van der Waals surface area contributed by atoms with Crippen LogP contribution < -0.4 is 5.56 Å². The van der Waals surface area contributed by atoms with Gasteiger partial charge in [0.2, 0.25) is 0 Å². The summed E-state index contributed by atoms with van der Waals surface area (Å²) >= 11 is 0. The summed E-state index contributed by atoms with van der Waals surface area (Å²) in [4.78, 5) is 15.5. The zero-order chi connectivity index (χ0) is 13.0. The highest BCUT2D eigenvalue weighted by Gasteiger charge is 2.03. The van der Waals surface area contributed by atoms with Gasteiger partial charge in [-0.15, -0.1) is 0 Å². The number of benzene rings is 1. The zero-order valence-electron chi connectivity index (χ0n) is 11.2. The van der Waals surface area contributed by atoms with E-state index in [1.54, 1.807) is 11.6 Å². The molecule has 2 rings (SSSR count). The van der Waals surface area contributed by atoms with Gasteiger partial charge in [0.1, 0.15) is 0 Å². The van der Waals surface area contributed by atoms with E-state index in [0.717, 1.165) is 11.0 Å². The Hall–Kier alpha value is -1.64. The summed E-state index contributed by atoms with van der Waals surface area (Å²) < 4.78 is 1.62.